The minimum atomic E-state index is -0.476. The van der Waals surface area contributed by atoms with Gasteiger partial charge in [0.15, 0.2) is 5.89 Å². The van der Waals surface area contributed by atoms with E-state index in [9.17, 15) is 4.79 Å². The summed E-state index contributed by atoms with van der Waals surface area (Å²) < 4.78 is 15.9. The summed E-state index contributed by atoms with van der Waals surface area (Å²) in [6.07, 6.45) is 2.85. The van der Waals surface area contributed by atoms with Crippen LogP contribution in [0.15, 0.2) is 4.42 Å². The van der Waals surface area contributed by atoms with E-state index in [-0.39, 0.29) is 17.3 Å². The molecule has 1 atom stereocenters. The lowest BCUT2D eigenvalue weighted by molar-refractivity contribution is 0.0555. The predicted molar refractivity (Wildman–Crippen MR) is 69.2 cm³/mol. The maximum Gasteiger partial charge on any atom is 0.376 e. The number of oxazole rings is 1. The highest BCUT2D eigenvalue weighted by Crippen LogP contribution is 2.28. The number of methoxy groups -OCH3 is 1. The monoisotopic (exact) mass is 267 g/mol. The summed E-state index contributed by atoms with van der Waals surface area (Å²) in [6.45, 7) is 6.77. The van der Waals surface area contributed by atoms with Crippen molar-refractivity contribution in [1.29, 1.82) is 0 Å². The first kappa shape index (κ1) is 14.1. The molecule has 5 heteroatoms. The first-order chi connectivity index (χ1) is 8.91. The van der Waals surface area contributed by atoms with Crippen LogP contribution < -0.4 is 0 Å². The fourth-order valence-electron chi connectivity index (χ4n) is 2.19. The van der Waals surface area contributed by atoms with Crippen LogP contribution in [0.4, 0.5) is 0 Å². The van der Waals surface area contributed by atoms with E-state index in [0.29, 0.717) is 18.0 Å². The number of hydrogen-bond acceptors (Lipinski definition) is 5. The summed E-state index contributed by atoms with van der Waals surface area (Å²) in [5.41, 5.74) is 0.384. The quantitative estimate of drug-likeness (QED) is 0.787. The van der Waals surface area contributed by atoms with Crippen LogP contribution in [0.1, 0.15) is 55.8 Å². The fraction of sp³-hybridized carbons (Fsp3) is 0.714. The van der Waals surface area contributed by atoms with Gasteiger partial charge in [-0.05, 0) is 12.8 Å². The van der Waals surface area contributed by atoms with Gasteiger partial charge in [-0.25, -0.2) is 9.78 Å². The molecular formula is C14H21NO4. The molecule has 1 unspecified atom stereocenters. The van der Waals surface area contributed by atoms with E-state index in [1.54, 1.807) is 0 Å². The van der Waals surface area contributed by atoms with E-state index in [2.05, 4.69) is 4.98 Å². The number of esters is 1. The van der Waals surface area contributed by atoms with Crippen molar-refractivity contribution < 1.29 is 18.7 Å². The summed E-state index contributed by atoms with van der Waals surface area (Å²) in [4.78, 5) is 16.2. The third kappa shape index (κ3) is 3.15. The Morgan fingerprint density at radius 1 is 1.47 bits per heavy atom. The van der Waals surface area contributed by atoms with Gasteiger partial charge in [-0.3, -0.25) is 0 Å². The van der Waals surface area contributed by atoms with Crippen molar-refractivity contribution in [1.82, 2.24) is 4.98 Å². The topological polar surface area (TPSA) is 61.6 Å². The van der Waals surface area contributed by atoms with Crippen molar-refractivity contribution in [3.05, 3.63) is 17.3 Å². The Balaban J connectivity index is 2.26. The van der Waals surface area contributed by atoms with Crippen LogP contribution in [0.25, 0.3) is 0 Å². The Hall–Kier alpha value is -1.36. The lowest BCUT2D eigenvalue weighted by Crippen LogP contribution is -2.17. The zero-order chi connectivity index (χ0) is 14.0. The van der Waals surface area contributed by atoms with Crippen molar-refractivity contribution in [2.75, 3.05) is 13.7 Å². The molecule has 0 aliphatic carbocycles. The molecule has 1 aromatic rings. The van der Waals surface area contributed by atoms with Crippen LogP contribution in [-0.2, 0) is 21.3 Å². The molecule has 1 fully saturated rings. The maximum absolute atomic E-state index is 11.7. The van der Waals surface area contributed by atoms with E-state index in [1.165, 1.54) is 7.11 Å². The maximum atomic E-state index is 11.7. The molecule has 0 N–H and O–H groups in total. The van der Waals surface area contributed by atoms with Crippen molar-refractivity contribution in [3.8, 4) is 0 Å². The molecule has 1 aliphatic heterocycles. The van der Waals surface area contributed by atoms with Gasteiger partial charge < -0.3 is 13.9 Å². The highest BCUT2D eigenvalue weighted by molar-refractivity contribution is 5.87. The van der Waals surface area contributed by atoms with Crippen LogP contribution in [0.2, 0.25) is 0 Å². The zero-order valence-corrected chi connectivity index (χ0v) is 12.0. The standard InChI is InChI=1S/C14H21NO4/c1-14(2,3)12-11(13(16)17-4)19-10(15-12)8-9-6-5-7-18-9/h9H,5-8H2,1-4H3. The van der Waals surface area contributed by atoms with Gasteiger partial charge >= 0.3 is 5.97 Å². The lowest BCUT2D eigenvalue weighted by atomic mass is 9.91. The third-order valence-corrected chi connectivity index (χ3v) is 3.18. The van der Waals surface area contributed by atoms with Crippen molar-refractivity contribution in [2.45, 2.75) is 51.6 Å². The average Bonchev–Trinajstić information content (AvgIpc) is 2.97. The minimum Gasteiger partial charge on any atom is -0.463 e. The third-order valence-electron chi connectivity index (χ3n) is 3.18. The van der Waals surface area contributed by atoms with Crippen molar-refractivity contribution in [3.63, 3.8) is 0 Å². The molecule has 5 nitrogen and oxygen atoms in total. The minimum absolute atomic E-state index is 0.150. The molecule has 1 aromatic heterocycles. The molecule has 0 bridgehead atoms. The molecule has 106 valence electrons. The smallest absolute Gasteiger partial charge is 0.376 e. The van der Waals surface area contributed by atoms with Gasteiger partial charge in [0.2, 0.25) is 5.76 Å². The number of aromatic nitrogens is 1. The van der Waals surface area contributed by atoms with Crippen LogP contribution in [0, 0.1) is 0 Å². The first-order valence-electron chi connectivity index (χ1n) is 6.62. The second-order valence-electron chi connectivity index (χ2n) is 5.87. The van der Waals surface area contributed by atoms with Gasteiger partial charge in [-0.15, -0.1) is 0 Å². The predicted octanol–water partition coefficient (Wildman–Crippen LogP) is 2.48. The average molecular weight is 267 g/mol. The summed E-state index contributed by atoms with van der Waals surface area (Å²) >= 11 is 0. The fourth-order valence-corrected chi connectivity index (χ4v) is 2.19. The van der Waals surface area contributed by atoms with E-state index in [4.69, 9.17) is 13.9 Å². The van der Waals surface area contributed by atoms with Gasteiger partial charge in [-0.2, -0.15) is 0 Å². The normalized spacial score (nSPS) is 19.7. The Morgan fingerprint density at radius 2 is 2.21 bits per heavy atom. The van der Waals surface area contributed by atoms with Gasteiger partial charge in [0, 0.05) is 12.0 Å². The molecule has 0 aromatic carbocycles. The molecule has 1 saturated heterocycles. The number of hydrogen-bond donors (Lipinski definition) is 0. The molecule has 0 saturated carbocycles. The van der Waals surface area contributed by atoms with Gasteiger partial charge in [0.05, 0.1) is 25.3 Å². The second kappa shape index (κ2) is 5.33. The number of rotatable bonds is 3. The van der Waals surface area contributed by atoms with Gasteiger partial charge in [0.1, 0.15) is 0 Å². The lowest BCUT2D eigenvalue weighted by Gasteiger charge is -2.15. The zero-order valence-electron chi connectivity index (χ0n) is 12.0. The number of ether oxygens (including phenoxy) is 2. The van der Waals surface area contributed by atoms with Crippen LogP contribution in [0.5, 0.6) is 0 Å². The largest absolute Gasteiger partial charge is 0.463 e. The molecular weight excluding hydrogens is 246 g/mol. The first-order valence-corrected chi connectivity index (χ1v) is 6.62. The molecule has 0 radical (unpaired) electrons. The number of carbonyl (C=O) groups excluding carboxylic acids is 1. The Bertz CT molecular complexity index is 453. The Labute approximate surface area is 113 Å². The second-order valence-corrected chi connectivity index (χ2v) is 5.87. The molecule has 19 heavy (non-hydrogen) atoms. The summed E-state index contributed by atoms with van der Waals surface area (Å²) in [5.74, 6) is 0.288. The van der Waals surface area contributed by atoms with Gasteiger partial charge in [0.25, 0.3) is 0 Å². The van der Waals surface area contributed by atoms with Crippen LogP contribution in [0.3, 0.4) is 0 Å². The summed E-state index contributed by atoms with van der Waals surface area (Å²) in [7, 11) is 1.34. The van der Waals surface area contributed by atoms with E-state index >= 15 is 0 Å². The SMILES string of the molecule is COC(=O)c1oc(CC2CCCO2)nc1C(C)(C)C. The number of nitrogens with zero attached hydrogens (tertiary/aromatic N) is 1. The molecule has 2 heterocycles. The number of carbonyl (C=O) groups is 1. The van der Waals surface area contributed by atoms with Crippen LogP contribution >= 0.6 is 0 Å². The summed E-state index contributed by atoms with van der Waals surface area (Å²) in [6, 6.07) is 0. The highest BCUT2D eigenvalue weighted by atomic mass is 16.5. The van der Waals surface area contributed by atoms with Crippen molar-refractivity contribution >= 4 is 5.97 Å². The Morgan fingerprint density at radius 3 is 2.74 bits per heavy atom. The Kier molecular flexibility index (Phi) is 3.94. The van der Waals surface area contributed by atoms with Crippen LogP contribution in [-0.4, -0.2) is 30.8 Å². The molecule has 0 amide bonds. The van der Waals surface area contributed by atoms with E-state index in [0.717, 1.165) is 19.4 Å². The molecule has 1 aliphatic rings. The van der Waals surface area contributed by atoms with Gasteiger partial charge in [-0.1, -0.05) is 20.8 Å². The summed E-state index contributed by atoms with van der Waals surface area (Å²) in [5, 5.41) is 0. The van der Waals surface area contributed by atoms with Crippen molar-refractivity contribution in [2.24, 2.45) is 0 Å². The van der Waals surface area contributed by atoms with E-state index < -0.39 is 5.97 Å². The highest BCUT2D eigenvalue weighted by Gasteiger charge is 2.30. The molecule has 2 rings (SSSR count). The van der Waals surface area contributed by atoms with E-state index in [1.807, 2.05) is 20.8 Å². The molecule has 0 spiro atoms.